The monoisotopic (exact) mass is 322 g/mol. The van der Waals surface area contributed by atoms with E-state index in [4.69, 9.17) is 9.47 Å². The molecule has 0 saturated heterocycles. The smallest absolute Gasteiger partial charge is 0.336 e. The first-order valence-corrected chi connectivity index (χ1v) is 7.83. The van der Waals surface area contributed by atoms with Crippen molar-refractivity contribution in [2.24, 2.45) is 0 Å². The number of benzene rings is 1. The van der Waals surface area contributed by atoms with Gasteiger partial charge in [0.1, 0.15) is 5.75 Å². The second-order valence-corrected chi connectivity index (χ2v) is 5.55. The number of thiazole rings is 1. The van der Waals surface area contributed by atoms with Crippen molar-refractivity contribution in [2.45, 2.75) is 26.8 Å². The molecular formula is C15H18N2O4S. The third-order valence-electron chi connectivity index (χ3n) is 2.87. The Bertz CT molecular complexity index is 683. The largest absolute Gasteiger partial charge is 0.494 e. The van der Waals surface area contributed by atoms with Gasteiger partial charge in [0, 0.05) is 0 Å². The Labute approximate surface area is 132 Å². The number of aromatic nitrogens is 1. The van der Waals surface area contributed by atoms with Crippen molar-refractivity contribution in [2.75, 3.05) is 18.5 Å². The lowest BCUT2D eigenvalue weighted by Crippen LogP contribution is -2.37. The topological polar surface area (TPSA) is 77.5 Å². The summed E-state index contributed by atoms with van der Waals surface area (Å²) in [5.41, 5.74) is 0.780. The van der Waals surface area contributed by atoms with Crippen molar-refractivity contribution in [3.63, 3.8) is 0 Å². The fourth-order valence-corrected chi connectivity index (χ4v) is 2.82. The molecule has 0 bridgehead atoms. The van der Waals surface area contributed by atoms with Crippen molar-refractivity contribution in [1.29, 1.82) is 0 Å². The van der Waals surface area contributed by atoms with Crippen molar-refractivity contribution < 1.29 is 19.1 Å². The second-order valence-electron chi connectivity index (χ2n) is 4.52. The van der Waals surface area contributed by atoms with Crippen molar-refractivity contribution >= 4 is 38.4 Å². The van der Waals surface area contributed by atoms with Crippen LogP contribution in [-0.2, 0) is 14.3 Å². The maximum Gasteiger partial charge on any atom is 0.336 e. The number of carbonyl (C=O) groups is 2. The Morgan fingerprint density at radius 3 is 2.73 bits per heavy atom. The van der Waals surface area contributed by atoms with Crippen LogP contribution in [0.15, 0.2) is 18.2 Å². The number of fused-ring (bicyclic) bond motifs is 1. The summed E-state index contributed by atoms with van der Waals surface area (Å²) in [5.74, 6) is -0.143. The molecule has 1 N–H and O–H groups in total. The first-order chi connectivity index (χ1) is 10.5. The number of esters is 1. The fourth-order valence-electron chi connectivity index (χ4n) is 1.90. The highest BCUT2D eigenvalue weighted by Crippen LogP contribution is 2.29. The summed E-state index contributed by atoms with van der Waals surface area (Å²) in [6.45, 7) is 5.77. The summed E-state index contributed by atoms with van der Waals surface area (Å²) >= 11 is 1.36. The zero-order valence-electron chi connectivity index (χ0n) is 12.7. The zero-order chi connectivity index (χ0) is 16.1. The quantitative estimate of drug-likeness (QED) is 0.624. The van der Waals surface area contributed by atoms with Gasteiger partial charge in [-0.25, -0.2) is 9.78 Å². The lowest BCUT2D eigenvalue weighted by molar-refractivity contribution is -0.146. The van der Waals surface area contributed by atoms with E-state index in [2.05, 4.69) is 10.3 Å². The minimum Gasteiger partial charge on any atom is -0.494 e. The van der Waals surface area contributed by atoms with E-state index in [1.807, 2.05) is 25.1 Å². The van der Waals surface area contributed by atoms with Gasteiger partial charge in [-0.05, 0) is 39.0 Å². The summed E-state index contributed by atoms with van der Waals surface area (Å²) in [7, 11) is 0. The van der Waals surface area contributed by atoms with Crippen molar-refractivity contribution in [3.8, 4) is 5.75 Å². The van der Waals surface area contributed by atoms with Gasteiger partial charge in [-0.2, -0.15) is 0 Å². The summed E-state index contributed by atoms with van der Waals surface area (Å²) in [5, 5.41) is 3.34. The van der Waals surface area contributed by atoms with Crippen molar-refractivity contribution in [1.82, 2.24) is 4.98 Å². The molecule has 0 radical (unpaired) electrons. The molecule has 2 rings (SSSR count). The highest BCUT2D eigenvalue weighted by Gasteiger charge is 2.25. The van der Waals surface area contributed by atoms with Gasteiger partial charge in [-0.1, -0.05) is 11.3 Å². The standard InChI is InChI=1S/C15H18N2O4S/c1-4-20-10-6-7-11-12(8-10)22-15(16-11)17-13(9(3)18)14(19)21-5-2/h6-8,13H,4-5H2,1-3H3,(H,16,17). The maximum absolute atomic E-state index is 11.8. The van der Waals surface area contributed by atoms with E-state index in [0.29, 0.717) is 11.7 Å². The first kappa shape index (κ1) is 16.2. The molecule has 0 saturated carbocycles. The number of ketones is 1. The Morgan fingerprint density at radius 1 is 1.32 bits per heavy atom. The van der Waals surface area contributed by atoms with E-state index >= 15 is 0 Å². The van der Waals surface area contributed by atoms with Crippen LogP contribution >= 0.6 is 11.3 Å². The SMILES string of the molecule is CCOC(=O)C(Nc1nc2ccc(OCC)cc2s1)C(C)=O. The molecule has 0 aliphatic rings. The van der Waals surface area contributed by atoms with Crippen LogP contribution in [0, 0.1) is 0 Å². The first-order valence-electron chi connectivity index (χ1n) is 7.02. The molecule has 1 unspecified atom stereocenters. The number of ether oxygens (including phenoxy) is 2. The van der Waals surface area contributed by atoms with Crippen LogP contribution in [0.25, 0.3) is 10.2 Å². The van der Waals surface area contributed by atoms with Gasteiger partial charge in [-0.15, -0.1) is 0 Å². The predicted molar refractivity (Wildman–Crippen MR) is 85.5 cm³/mol. The highest BCUT2D eigenvalue weighted by molar-refractivity contribution is 7.22. The summed E-state index contributed by atoms with van der Waals surface area (Å²) in [6.07, 6.45) is 0. The predicted octanol–water partition coefficient (Wildman–Crippen LogP) is 2.63. The van der Waals surface area contributed by atoms with E-state index in [1.54, 1.807) is 6.92 Å². The Hall–Kier alpha value is -2.15. The molecule has 2 aromatic rings. The molecule has 118 valence electrons. The molecule has 6 nitrogen and oxygen atoms in total. The molecule has 1 heterocycles. The molecule has 1 aromatic carbocycles. The number of hydrogen-bond acceptors (Lipinski definition) is 7. The van der Waals surface area contributed by atoms with Gasteiger partial charge in [0.05, 0.1) is 23.4 Å². The van der Waals surface area contributed by atoms with Gasteiger partial charge in [0.15, 0.2) is 17.0 Å². The van der Waals surface area contributed by atoms with Crippen LogP contribution < -0.4 is 10.1 Å². The van der Waals surface area contributed by atoms with Crippen LogP contribution in [-0.4, -0.2) is 36.0 Å². The van der Waals surface area contributed by atoms with E-state index in [0.717, 1.165) is 16.0 Å². The fraction of sp³-hybridized carbons (Fsp3) is 0.400. The minimum absolute atomic E-state index is 0.224. The van der Waals surface area contributed by atoms with Crippen LogP contribution in [0.2, 0.25) is 0 Å². The molecule has 0 aliphatic heterocycles. The number of Topliss-reactive ketones (excluding diaryl/α,β-unsaturated/α-hetero) is 1. The van der Waals surface area contributed by atoms with Gasteiger partial charge in [-0.3, -0.25) is 4.79 Å². The number of carbonyl (C=O) groups excluding carboxylic acids is 2. The molecule has 1 atom stereocenters. The van der Waals surface area contributed by atoms with Crippen LogP contribution in [0.5, 0.6) is 5.75 Å². The number of rotatable bonds is 7. The van der Waals surface area contributed by atoms with Crippen molar-refractivity contribution in [3.05, 3.63) is 18.2 Å². The van der Waals surface area contributed by atoms with E-state index in [1.165, 1.54) is 18.3 Å². The summed E-state index contributed by atoms with van der Waals surface area (Å²) in [6, 6.07) is 4.53. The van der Waals surface area contributed by atoms with E-state index in [-0.39, 0.29) is 12.4 Å². The highest BCUT2D eigenvalue weighted by atomic mass is 32.1. The maximum atomic E-state index is 11.8. The molecular weight excluding hydrogens is 304 g/mol. The second kappa shape index (κ2) is 7.22. The number of anilines is 1. The molecule has 0 aliphatic carbocycles. The van der Waals surface area contributed by atoms with Crippen LogP contribution in [0.1, 0.15) is 20.8 Å². The normalized spacial score (nSPS) is 12.0. The third kappa shape index (κ3) is 3.73. The van der Waals surface area contributed by atoms with Crippen LogP contribution in [0.3, 0.4) is 0 Å². The zero-order valence-corrected chi connectivity index (χ0v) is 13.5. The lowest BCUT2D eigenvalue weighted by Gasteiger charge is -2.13. The average molecular weight is 322 g/mol. The molecule has 22 heavy (non-hydrogen) atoms. The summed E-state index contributed by atoms with van der Waals surface area (Å²) in [4.78, 5) is 27.8. The molecule has 1 aromatic heterocycles. The van der Waals surface area contributed by atoms with Crippen LogP contribution in [0.4, 0.5) is 5.13 Å². The third-order valence-corrected chi connectivity index (χ3v) is 3.82. The van der Waals surface area contributed by atoms with E-state index < -0.39 is 12.0 Å². The number of nitrogens with one attached hydrogen (secondary N) is 1. The minimum atomic E-state index is -1.04. The Kier molecular flexibility index (Phi) is 5.32. The molecule has 0 spiro atoms. The van der Waals surface area contributed by atoms with Gasteiger partial charge < -0.3 is 14.8 Å². The number of nitrogens with zero attached hydrogens (tertiary/aromatic N) is 1. The Morgan fingerprint density at radius 2 is 2.09 bits per heavy atom. The van der Waals surface area contributed by atoms with Gasteiger partial charge >= 0.3 is 5.97 Å². The van der Waals surface area contributed by atoms with E-state index in [9.17, 15) is 9.59 Å². The molecule has 0 fully saturated rings. The lowest BCUT2D eigenvalue weighted by atomic mass is 10.2. The summed E-state index contributed by atoms with van der Waals surface area (Å²) < 4.78 is 11.3. The van der Waals surface area contributed by atoms with Gasteiger partial charge in [0.2, 0.25) is 0 Å². The van der Waals surface area contributed by atoms with Gasteiger partial charge in [0.25, 0.3) is 0 Å². The number of hydrogen-bond donors (Lipinski definition) is 1. The average Bonchev–Trinajstić information content (AvgIpc) is 2.86. The molecule has 0 amide bonds. The Balaban J connectivity index is 2.22. The molecule has 7 heteroatoms.